The normalized spacial score (nSPS) is 11.3. The summed E-state index contributed by atoms with van der Waals surface area (Å²) in [5, 5.41) is 10.5. The topological polar surface area (TPSA) is 94.6 Å². The molecule has 0 aliphatic heterocycles. The number of benzene rings is 3. The number of primary amides is 1. The van der Waals surface area contributed by atoms with Gasteiger partial charge in [-0.25, -0.2) is 4.79 Å². The number of carboxylic acids is 1. The molecule has 4 rings (SSSR count). The number of ether oxygens (including phenoxy) is 1. The first-order valence-electron chi connectivity index (χ1n) is 9.69. The molecule has 0 spiro atoms. The van der Waals surface area contributed by atoms with Crippen molar-refractivity contribution in [2.75, 3.05) is 6.61 Å². The molecule has 3 aromatic carbocycles. The summed E-state index contributed by atoms with van der Waals surface area (Å²) in [6.07, 6.45) is 0. The molecule has 4 aromatic rings. The first-order valence-corrected chi connectivity index (χ1v) is 9.69. The van der Waals surface area contributed by atoms with Crippen LogP contribution >= 0.6 is 0 Å². The van der Waals surface area contributed by atoms with Crippen LogP contribution in [0.15, 0.2) is 60.7 Å². The molecule has 0 aliphatic rings. The van der Waals surface area contributed by atoms with Gasteiger partial charge < -0.3 is 20.1 Å². The molecule has 30 heavy (non-hydrogen) atoms. The van der Waals surface area contributed by atoms with Gasteiger partial charge in [-0.1, -0.05) is 38.1 Å². The monoisotopic (exact) mass is 402 g/mol. The van der Waals surface area contributed by atoms with Crippen LogP contribution < -0.4 is 10.5 Å². The Bertz CT molecular complexity index is 1270. The van der Waals surface area contributed by atoms with Crippen LogP contribution in [-0.4, -0.2) is 28.2 Å². The third-order valence-electron chi connectivity index (χ3n) is 5.18. The van der Waals surface area contributed by atoms with Crippen molar-refractivity contribution in [3.8, 4) is 11.4 Å². The number of nitrogens with zero attached hydrogens (tertiary/aromatic N) is 1. The molecule has 0 bridgehead atoms. The lowest BCUT2D eigenvalue weighted by Crippen LogP contribution is -2.12. The number of para-hydroxylation sites is 1. The number of aliphatic carboxylic acids is 1. The first-order chi connectivity index (χ1) is 14.4. The van der Waals surface area contributed by atoms with Crippen molar-refractivity contribution in [1.29, 1.82) is 0 Å². The van der Waals surface area contributed by atoms with Crippen LogP contribution in [0, 0.1) is 0 Å². The van der Waals surface area contributed by atoms with E-state index >= 15 is 0 Å². The second kappa shape index (κ2) is 7.55. The molecule has 0 unspecified atom stereocenters. The third kappa shape index (κ3) is 3.26. The quantitative estimate of drug-likeness (QED) is 0.497. The number of nitrogens with two attached hydrogens (primary N) is 1. The molecule has 0 aliphatic carbocycles. The van der Waals surface area contributed by atoms with Gasteiger partial charge >= 0.3 is 5.97 Å². The molecule has 1 aromatic heterocycles. The summed E-state index contributed by atoms with van der Waals surface area (Å²) in [7, 11) is 0. The van der Waals surface area contributed by atoms with Crippen LogP contribution in [0.3, 0.4) is 0 Å². The van der Waals surface area contributed by atoms with E-state index in [4.69, 9.17) is 15.6 Å². The summed E-state index contributed by atoms with van der Waals surface area (Å²) < 4.78 is 7.75. The number of fused-ring (bicyclic) bond motifs is 3. The van der Waals surface area contributed by atoms with Crippen molar-refractivity contribution >= 4 is 33.7 Å². The molecule has 0 fully saturated rings. The van der Waals surface area contributed by atoms with Gasteiger partial charge in [0.15, 0.2) is 6.61 Å². The van der Waals surface area contributed by atoms with Crippen LogP contribution in [0.2, 0.25) is 0 Å². The minimum Gasteiger partial charge on any atom is -0.481 e. The molecule has 0 atom stereocenters. The van der Waals surface area contributed by atoms with Gasteiger partial charge in [0.1, 0.15) is 5.75 Å². The van der Waals surface area contributed by atoms with E-state index in [0.717, 1.165) is 22.3 Å². The fourth-order valence-electron chi connectivity index (χ4n) is 3.82. The van der Waals surface area contributed by atoms with E-state index in [1.165, 1.54) is 0 Å². The van der Waals surface area contributed by atoms with Gasteiger partial charge in [0.2, 0.25) is 5.91 Å². The minimum atomic E-state index is -1.07. The Kier molecular flexibility index (Phi) is 4.91. The minimum absolute atomic E-state index is 0.194. The van der Waals surface area contributed by atoms with Crippen LogP contribution in [0.4, 0.5) is 0 Å². The molecule has 0 radical (unpaired) electrons. The number of hydrogen-bond acceptors (Lipinski definition) is 3. The Hall–Kier alpha value is -3.80. The highest BCUT2D eigenvalue weighted by Crippen LogP contribution is 2.41. The molecule has 6 nitrogen and oxygen atoms in total. The predicted octanol–water partition coefficient (Wildman–Crippen LogP) is 4.47. The van der Waals surface area contributed by atoms with Crippen molar-refractivity contribution in [3.63, 3.8) is 0 Å². The van der Waals surface area contributed by atoms with E-state index in [1.807, 2.05) is 42.5 Å². The van der Waals surface area contributed by atoms with E-state index in [1.54, 1.807) is 12.1 Å². The van der Waals surface area contributed by atoms with Crippen LogP contribution in [0.5, 0.6) is 5.75 Å². The Morgan fingerprint density at radius 3 is 2.37 bits per heavy atom. The standard InChI is InChI=1S/C24H22N2O4/c1-14(2)15-11-19-23(20(12-15)30-13-21(27)28)22-17(24(25)29)9-6-10-18(22)26(19)16-7-4-3-5-8-16/h3-12,14H,13H2,1-2H3,(H2,25,29)(H,27,28). The number of hydrogen-bond donors (Lipinski definition) is 2. The largest absolute Gasteiger partial charge is 0.481 e. The smallest absolute Gasteiger partial charge is 0.341 e. The van der Waals surface area contributed by atoms with E-state index in [-0.39, 0.29) is 5.92 Å². The zero-order valence-electron chi connectivity index (χ0n) is 16.8. The fraction of sp³-hybridized carbons (Fsp3) is 0.167. The summed E-state index contributed by atoms with van der Waals surface area (Å²) >= 11 is 0. The average Bonchev–Trinajstić information content (AvgIpc) is 3.06. The second-order valence-corrected chi connectivity index (χ2v) is 7.49. The lowest BCUT2D eigenvalue weighted by atomic mass is 9.99. The molecule has 1 heterocycles. The van der Waals surface area contributed by atoms with Gasteiger partial charge in [-0.05, 0) is 47.9 Å². The summed E-state index contributed by atoms with van der Waals surface area (Å²) in [5.41, 5.74) is 9.61. The van der Waals surface area contributed by atoms with Crippen LogP contribution in [0.25, 0.3) is 27.5 Å². The molecular formula is C24H22N2O4. The first kappa shape index (κ1) is 19.5. The summed E-state index contributed by atoms with van der Waals surface area (Å²) in [4.78, 5) is 23.4. The van der Waals surface area contributed by atoms with Gasteiger partial charge in [-0.3, -0.25) is 4.79 Å². The predicted molar refractivity (Wildman–Crippen MR) is 117 cm³/mol. The molecule has 6 heteroatoms. The maximum Gasteiger partial charge on any atom is 0.341 e. The van der Waals surface area contributed by atoms with Gasteiger partial charge in [0.05, 0.1) is 16.4 Å². The molecule has 152 valence electrons. The SMILES string of the molecule is CC(C)c1cc(OCC(=O)O)c2c3c(C(N)=O)cccc3n(-c3ccccc3)c2c1. The van der Waals surface area contributed by atoms with Crippen molar-refractivity contribution in [1.82, 2.24) is 4.57 Å². The van der Waals surface area contributed by atoms with Gasteiger partial charge in [0, 0.05) is 16.6 Å². The fourth-order valence-corrected chi connectivity index (χ4v) is 3.82. The highest BCUT2D eigenvalue weighted by atomic mass is 16.5. The zero-order chi connectivity index (χ0) is 21.4. The van der Waals surface area contributed by atoms with Crippen molar-refractivity contribution in [2.45, 2.75) is 19.8 Å². The zero-order valence-corrected chi connectivity index (χ0v) is 16.8. The lowest BCUT2D eigenvalue weighted by molar-refractivity contribution is -0.139. The van der Waals surface area contributed by atoms with E-state index in [9.17, 15) is 9.59 Å². The second-order valence-electron chi connectivity index (χ2n) is 7.49. The Balaban J connectivity index is 2.20. The maximum atomic E-state index is 12.2. The maximum absolute atomic E-state index is 12.2. The average molecular weight is 402 g/mol. The Morgan fingerprint density at radius 2 is 1.73 bits per heavy atom. The van der Waals surface area contributed by atoms with Crippen LogP contribution in [0.1, 0.15) is 35.7 Å². The summed E-state index contributed by atoms with van der Waals surface area (Å²) in [6, 6.07) is 19.1. The van der Waals surface area contributed by atoms with Gasteiger partial charge in [-0.2, -0.15) is 0 Å². The number of carbonyl (C=O) groups is 2. The Labute approximate surface area is 173 Å². The van der Waals surface area contributed by atoms with Gasteiger partial charge in [-0.15, -0.1) is 0 Å². The number of amides is 1. The van der Waals surface area contributed by atoms with Crippen molar-refractivity contribution < 1.29 is 19.4 Å². The molecule has 3 N–H and O–H groups in total. The summed E-state index contributed by atoms with van der Waals surface area (Å²) in [5.74, 6) is -1.00. The third-order valence-corrected chi connectivity index (χ3v) is 5.18. The number of rotatable bonds is 6. The number of carbonyl (C=O) groups excluding carboxylic acids is 1. The molecule has 0 saturated heterocycles. The Morgan fingerprint density at radius 1 is 1.00 bits per heavy atom. The van der Waals surface area contributed by atoms with Crippen molar-refractivity contribution in [2.24, 2.45) is 5.73 Å². The molecule has 0 saturated carbocycles. The van der Waals surface area contributed by atoms with E-state index < -0.39 is 18.5 Å². The van der Waals surface area contributed by atoms with Crippen molar-refractivity contribution in [3.05, 3.63) is 71.8 Å². The lowest BCUT2D eigenvalue weighted by Gasteiger charge is -2.13. The summed E-state index contributed by atoms with van der Waals surface area (Å²) in [6.45, 7) is 3.65. The highest BCUT2D eigenvalue weighted by Gasteiger charge is 2.22. The molecular weight excluding hydrogens is 380 g/mol. The van der Waals surface area contributed by atoms with E-state index in [2.05, 4.69) is 24.5 Å². The number of aromatic nitrogens is 1. The van der Waals surface area contributed by atoms with Gasteiger partial charge in [0.25, 0.3) is 0 Å². The highest BCUT2D eigenvalue weighted by molar-refractivity contribution is 6.20. The van der Waals surface area contributed by atoms with E-state index in [0.29, 0.717) is 22.1 Å². The van der Waals surface area contributed by atoms with Crippen LogP contribution in [-0.2, 0) is 4.79 Å². The number of carboxylic acid groups (broad SMARTS) is 1. The molecule has 1 amide bonds.